The van der Waals surface area contributed by atoms with Crippen LogP contribution in [0.4, 0.5) is 0 Å². The van der Waals surface area contributed by atoms with Crippen LogP contribution in [0.1, 0.15) is 25.0 Å². The number of pyridine rings is 1. The molecule has 0 saturated carbocycles. The second-order valence-electron chi connectivity index (χ2n) is 8.18. The molecule has 3 heterocycles. The van der Waals surface area contributed by atoms with Crippen LogP contribution in [0.25, 0.3) is 16.6 Å². The SMILES string of the molecule is O=C(CSc1ccc(COc2cccc3cccnc23)n1-c1ccccc1)N1CCCCC1. The molecule has 4 aromatic rings. The average Bonchev–Trinajstić information content (AvgIpc) is 3.29. The van der Waals surface area contributed by atoms with Crippen molar-refractivity contribution in [2.75, 3.05) is 18.8 Å². The van der Waals surface area contributed by atoms with E-state index in [1.165, 1.54) is 6.42 Å². The van der Waals surface area contributed by atoms with Crippen molar-refractivity contribution in [2.24, 2.45) is 0 Å². The Hall–Kier alpha value is -3.25. The topological polar surface area (TPSA) is 47.4 Å². The number of ether oxygens (including phenoxy) is 1. The second-order valence-corrected chi connectivity index (χ2v) is 9.18. The monoisotopic (exact) mass is 457 g/mol. The molecule has 1 aliphatic heterocycles. The van der Waals surface area contributed by atoms with Crippen LogP contribution >= 0.6 is 11.8 Å². The van der Waals surface area contributed by atoms with E-state index in [1.807, 2.05) is 53.4 Å². The fourth-order valence-electron chi connectivity index (χ4n) is 4.27. The van der Waals surface area contributed by atoms with Gasteiger partial charge < -0.3 is 14.2 Å². The second kappa shape index (κ2) is 10.1. The van der Waals surface area contributed by atoms with Crippen molar-refractivity contribution >= 4 is 28.6 Å². The zero-order valence-electron chi connectivity index (χ0n) is 18.5. The summed E-state index contributed by atoms with van der Waals surface area (Å²) in [5, 5.41) is 2.10. The maximum absolute atomic E-state index is 12.7. The number of amides is 1. The molecule has 2 aromatic carbocycles. The summed E-state index contributed by atoms with van der Waals surface area (Å²) in [6.07, 6.45) is 5.24. The predicted octanol–water partition coefficient (Wildman–Crippen LogP) is 5.71. The summed E-state index contributed by atoms with van der Waals surface area (Å²) in [7, 11) is 0. The van der Waals surface area contributed by atoms with Gasteiger partial charge >= 0.3 is 0 Å². The van der Waals surface area contributed by atoms with Crippen LogP contribution < -0.4 is 4.74 Å². The number of nitrogens with zero attached hydrogens (tertiary/aromatic N) is 3. The first-order chi connectivity index (χ1) is 16.3. The third-order valence-corrected chi connectivity index (χ3v) is 6.97. The molecule has 6 heteroatoms. The van der Waals surface area contributed by atoms with Crippen molar-refractivity contribution in [3.63, 3.8) is 0 Å². The van der Waals surface area contributed by atoms with Gasteiger partial charge in [-0.15, -0.1) is 0 Å². The largest absolute Gasteiger partial charge is 0.485 e. The number of thioether (sulfide) groups is 1. The molecular formula is C27H27N3O2S. The van der Waals surface area contributed by atoms with Crippen molar-refractivity contribution < 1.29 is 9.53 Å². The van der Waals surface area contributed by atoms with Crippen LogP contribution in [-0.2, 0) is 11.4 Å². The lowest BCUT2D eigenvalue weighted by atomic mass is 10.1. The number of hydrogen-bond donors (Lipinski definition) is 0. The maximum atomic E-state index is 12.7. The highest BCUT2D eigenvalue weighted by Gasteiger charge is 2.18. The van der Waals surface area contributed by atoms with Gasteiger partial charge in [-0.2, -0.15) is 0 Å². The Kier molecular flexibility index (Phi) is 6.63. The summed E-state index contributed by atoms with van der Waals surface area (Å²) in [5.41, 5.74) is 2.95. The Morgan fingerprint density at radius 2 is 1.73 bits per heavy atom. The number of hydrogen-bond acceptors (Lipinski definition) is 4. The first kappa shape index (κ1) is 21.6. The van der Waals surface area contributed by atoms with Gasteiger partial charge in [0.25, 0.3) is 0 Å². The van der Waals surface area contributed by atoms with E-state index in [0.717, 1.165) is 59.0 Å². The third kappa shape index (κ3) is 4.91. The number of carbonyl (C=O) groups excluding carboxylic acids is 1. The molecule has 1 fully saturated rings. The van der Waals surface area contributed by atoms with Crippen molar-refractivity contribution in [2.45, 2.75) is 30.9 Å². The molecule has 5 nitrogen and oxygen atoms in total. The molecule has 1 amide bonds. The fourth-order valence-corrected chi connectivity index (χ4v) is 5.24. The number of rotatable bonds is 7. The van der Waals surface area contributed by atoms with E-state index in [-0.39, 0.29) is 5.91 Å². The summed E-state index contributed by atoms with van der Waals surface area (Å²) < 4.78 is 8.42. The van der Waals surface area contributed by atoms with Crippen LogP contribution in [0.15, 0.2) is 84.0 Å². The van der Waals surface area contributed by atoms with Gasteiger partial charge in [0.2, 0.25) is 5.91 Å². The Morgan fingerprint density at radius 1 is 0.909 bits per heavy atom. The van der Waals surface area contributed by atoms with Gasteiger partial charge in [-0.25, -0.2) is 0 Å². The quantitative estimate of drug-likeness (QED) is 0.334. The molecule has 168 valence electrons. The van der Waals surface area contributed by atoms with Gasteiger partial charge in [0.15, 0.2) is 0 Å². The van der Waals surface area contributed by atoms with Crippen LogP contribution in [0.5, 0.6) is 5.75 Å². The predicted molar refractivity (Wildman–Crippen MR) is 133 cm³/mol. The Balaban J connectivity index is 1.37. The minimum atomic E-state index is 0.222. The molecule has 1 aliphatic rings. The van der Waals surface area contributed by atoms with Gasteiger partial charge in [-0.3, -0.25) is 9.78 Å². The summed E-state index contributed by atoms with van der Waals surface area (Å²) in [6.45, 7) is 2.18. The van der Waals surface area contributed by atoms with Gasteiger partial charge in [-0.1, -0.05) is 48.2 Å². The molecule has 2 aromatic heterocycles. The minimum absolute atomic E-state index is 0.222. The van der Waals surface area contributed by atoms with Crippen molar-refractivity contribution in [1.82, 2.24) is 14.5 Å². The maximum Gasteiger partial charge on any atom is 0.232 e. The van der Waals surface area contributed by atoms with Crippen LogP contribution in [0, 0.1) is 0 Å². The number of fused-ring (bicyclic) bond motifs is 1. The standard InChI is InChI=1S/C27H27N3O2S/c31-25(29-17-5-2-6-18-29)20-33-26-15-14-23(30(26)22-11-3-1-4-12-22)19-32-24-13-7-9-21-10-8-16-28-27(21)24/h1,3-4,7-16H,2,5-6,17-20H2. The van der Waals surface area contributed by atoms with Gasteiger partial charge in [0, 0.05) is 30.4 Å². The Bertz CT molecular complexity index is 1230. The molecule has 1 saturated heterocycles. The zero-order chi connectivity index (χ0) is 22.5. The molecule has 0 spiro atoms. The van der Waals surface area contributed by atoms with Gasteiger partial charge in [0.1, 0.15) is 17.9 Å². The minimum Gasteiger partial charge on any atom is -0.485 e. The molecule has 0 radical (unpaired) electrons. The molecule has 5 rings (SSSR count). The number of para-hydroxylation sites is 2. The van der Waals surface area contributed by atoms with Gasteiger partial charge in [0.05, 0.1) is 16.5 Å². The van der Waals surface area contributed by atoms with Crippen LogP contribution in [0.2, 0.25) is 0 Å². The molecule has 33 heavy (non-hydrogen) atoms. The molecule has 0 aliphatic carbocycles. The summed E-state index contributed by atoms with van der Waals surface area (Å²) >= 11 is 1.59. The highest BCUT2D eigenvalue weighted by molar-refractivity contribution is 7.99. The summed E-state index contributed by atoms with van der Waals surface area (Å²) in [5.74, 6) is 1.44. The van der Waals surface area contributed by atoms with E-state index in [9.17, 15) is 4.79 Å². The highest BCUT2D eigenvalue weighted by Crippen LogP contribution is 2.29. The molecule has 0 unspecified atom stereocenters. The average molecular weight is 458 g/mol. The zero-order valence-corrected chi connectivity index (χ0v) is 19.3. The smallest absolute Gasteiger partial charge is 0.232 e. The van der Waals surface area contributed by atoms with Crippen molar-refractivity contribution in [1.29, 1.82) is 0 Å². The fraction of sp³-hybridized carbons (Fsp3) is 0.259. The molecular weight excluding hydrogens is 430 g/mol. The summed E-state index contributed by atoms with van der Waals surface area (Å²) in [4.78, 5) is 19.2. The van der Waals surface area contributed by atoms with Crippen molar-refractivity contribution in [3.05, 3.63) is 84.7 Å². The van der Waals surface area contributed by atoms with Crippen LogP contribution in [0.3, 0.4) is 0 Å². The molecule has 0 atom stereocenters. The number of likely N-dealkylation sites (tertiary alicyclic amines) is 1. The van der Waals surface area contributed by atoms with E-state index in [4.69, 9.17) is 4.74 Å². The summed E-state index contributed by atoms with van der Waals surface area (Å²) in [6, 6.07) is 24.4. The van der Waals surface area contributed by atoms with E-state index < -0.39 is 0 Å². The van der Waals surface area contributed by atoms with E-state index in [0.29, 0.717) is 12.4 Å². The lowest BCUT2D eigenvalue weighted by Crippen LogP contribution is -2.36. The highest BCUT2D eigenvalue weighted by atomic mass is 32.2. The number of aromatic nitrogens is 2. The first-order valence-electron chi connectivity index (χ1n) is 11.4. The molecule has 0 bridgehead atoms. The lowest BCUT2D eigenvalue weighted by molar-refractivity contribution is -0.129. The van der Waals surface area contributed by atoms with Crippen LogP contribution in [-0.4, -0.2) is 39.2 Å². The van der Waals surface area contributed by atoms with Crippen molar-refractivity contribution in [3.8, 4) is 11.4 Å². The van der Waals surface area contributed by atoms with E-state index in [1.54, 1.807) is 18.0 Å². The number of piperidine rings is 1. The van der Waals surface area contributed by atoms with E-state index >= 15 is 0 Å². The Labute approximate surface area is 198 Å². The normalized spacial score (nSPS) is 13.9. The number of carbonyl (C=O) groups is 1. The number of benzene rings is 2. The third-order valence-electron chi connectivity index (χ3n) is 5.96. The van der Waals surface area contributed by atoms with E-state index in [2.05, 4.69) is 33.8 Å². The lowest BCUT2D eigenvalue weighted by Gasteiger charge is -2.26. The van der Waals surface area contributed by atoms with Gasteiger partial charge in [-0.05, 0) is 55.7 Å². The molecule has 0 N–H and O–H groups in total. The Morgan fingerprint density at radius 3 is 2.58 bits per heavy atom. The first-order valence-corrected chi connectivity index (χ1v) is 12.4.